The number of nitrogens with one attached hydrogen (secondary N) is 1. The first-order chi connectivity index (χ1) is 9.81. The van der Waals surface area contributed by atoms with Gasteiger partial charge >= 0.3 is 0 Å². The molecule has 0 aliphatic heterocycles. The highest BCUT2D eigenvalue weighted by molar-refractivity contribution is 7.89. The topological polar surface area (TPSA) is 92.5 Å². The molecule has 1 aromatic rings. The van der Waals surface area contributed by atoms with E-state index in [0.717, 1.165) is 0 Å². The Balaban J connectivity index is 2.70. The van der Waals surface area contributed by atoms with E-state index < -0.39 is 10.0 Å². The van der Waals surface area contributed by atoms with Crippen LogP contribution < -0.4 is 10.5 Å². The minimum Gasteiger partial charge on any atom is -0.399 e. The molecule has 0 fully saturated rings. The van der Waals surface area contributed by atoms with Crippen LogP contribution in [0.2, 0.25) is 5.02 Å². The molecular weight excluding hydrogens is 314 g/mol. The van der Waals surface area contributed by atoms with Gasteiger partial charge in [0, 0.05) is 31.7 Å². The Labute approximate surface area is 130 Å². The number of amides is 1. The standard InChI is InChI=1S/C13H20ClN3O3S/c1-3-17(4-2)13(18)7-8-16-21(19,20)12-9-10(15)5-6-11(12)14/h5-6,9,16H,3-4,7-8,15H2,1-2H3. The predicted octanol–water partition coefficient (Wildman–Crippen LogP) is 1.46. The number of sulfonamides is 1. The van der Waals surface area contributed by atoms with Gasteiger partial charge in [-0.3, -0.25) is 4.79 Å². The van der Waals surface area contributed by atoms with Crippen molar-refractivity contribution in [3.05, 3.63) is 23.2 Å². The maximum absolute atomic E-state index is 12.1. The molecule has 6 nitrogen and oxygen atoms in total. The van der Waals surface area contributed by atoms with Crippen LogP contribution in [0.1, 0.15) is 20.3 Å². The van der Waals surface area contributed by atoms with Gasteiger partial charge in [0.25, 0.3) is 0 Å². The highest BCUT2D eigenvalue weighted by atomic mass is 35.5. The number of rotatable bonds is 7. The van der Waals surface area contributed by atoms with Crippen molar-refractivity contribution in [1.29, 1.82) is 0 Å². The lowest BCUT2D eigenvalue weighted by atomic mass is 10.3. The highest BCUT2D eigenvalue weighted by Gasteiger charge is 2.19. The van der Waals surface area contributed by atoms with Crippen LogP contribution in [0.4, 0.5) is 5.69 Å². The Kier molecular flexibility index (Phi) is 6.44. The maximum Gasteiger partial charge on any atom is 0.242 e. The highest BCUT2D eigenvalue weighted by Crippen LogP contribution is 2.23. The van der Waals surface area contributed by atoms with Crippen molar-refractivity contribution < 1.29 is 13.2 Å². The van der Waals surface area contributed by atoms with Gasteiger partial charge in [0.15, 0.2) is 0 Å². The second-order valence-electron chi connectivity index (χ2n) is 4.40. The average Bonchev–Trinajstić information content (AvgIpc) is 2.42. The number of nitrogen functional groups attached to an aromatic ring is 1. The summed E-state index contributed by atoms with van der Waals surface area (Å²) in [4.78, 5) is 13.4. The van der Waals surface area contributed by atoms with E-state index in [1.165, 1.54) is 18.2 Å². The first-order valence-electron chi connectivity index (χ1n) is 6.64. The van der Waals surface area contributed by atoms with Crippen LogP contribution in [0, 0.1) is 0 Å². The molecule has 0 radical (unpaired) electrons. The molecule has 0 atom stereocenters. The minimum absolute atomic E-state index is 0.0167. The molecule has 0 bridgehead atoms. The molecule has 0 aliphatic rings. The van der Waals surface area contributed by atoms with Gasteiger partial charge in [-0.25, -0.2) is 13.1 Å². The lowest BCUT2D eigenvalue weighted by Crippen LogP contribution is -2.34. The first-order valence-corrected chi connectivity index (χ1v) is 8.50. The average molecular weight is 334 g/mol. The van der Waals surface area contributed by atoms with Crippen molar-refractivity contribution in [2.45, 2.75) is 25.2 Å². The summed E-state index contributed by atoms with van der Waals surface area (Å²) < 4.78 is 26.6. The molecule has 0 spiro atoms. The summed E-state index contributed by atoms with van der Waals surface area (Å²) in [6.07, 6.45) is 0.0981. The number of carbonyl (C=O) groups is 1. The van der Waals surface area contributed by atoms with Gasteiger partial charge in [0.2, 0.25) is 15.9 Å². The molecule has 0 heterocycles. The molecule has 1 aromatic carbocycles. The van der Waals surface area contributed by atoms with Crippen LogP contribution in [0.25, 0.3) is 0 Å². The largest absolute Gasteiger partial charge is 0.399 e. The fourth-order valence-corrected chi connectivity index (χ4v) is 3.39. The third kappa shape index (κ3) is 4.87. The number of nitrogens with zero attached hydrogens (tertiary/aromatic N) is 1. The number of carbonyl (C=O) groups excluding carboxylic acids is 1. The van der Waals surface area contributed by atoms with E-state index in [2.05, 4.69) is 4.72 Å². The van der Waals surface area contributed by atoms with E-state index in [9.17, 15) is 13.2 Å². The third-order valence-electron chi connectivity index (χ3n) is 2.99. The molecule has 0 saturated carbocycles. The fourth-order valence-electron chi connectivity index (χ4n) is 1.83. The van der Waals surface area contributed by atoms with Crippen LogP contribution in [0.5, 0.6) is 0 Å². The smallest absolute Gasteiger partial charge is 0.242 e. The van der Waals surface area contributed by atoms with E-state index in [4.69, 9.17) is 17.3 Å². The molecule has 0 aromatic heterocycles. The Morgan fingerprint density at radius 3 is 2.52 bits per heavy atom. The van der Waals surface area contributed by atoms with Gasteiger partial charge < -0.3 is 10.6 Å². The Hall–Kier alpha value is -1.31. The van der Waals surface area contributed by atoms with Crippen LogP contribution in [-0.2, 0) is 14.8 Å². The zero-order chi connectivity index (χ0) is 16.0. The van der Waals surface area contributed by atoms with Crippen LogP contribution in [0.3, 0.4) is 0 Å². The normalized spacial score (nSPS) is 11.4. The molecule has 0 unspecified atom stereocenters. The van der Waals surface area contributed by atoms with Crippen LogP contribution in [0.15, 0.2) is 23.1 Å². The van der Waals surface area contributed by atoms with E-state index in [-0.39, 0.29) is 28.8 Å². The quantitative estimate of drug-likeness (QED) is 0.739. The van der Waals surface area contributed by atoms with E-state index in [0.29, 0.717) is 18.8 Å². The van der Waals surface area contributed by atoms with Crippen LogP contribution >= 0.6 is 11.6 Å². The lowest BCUT2D eigenvalue weighted by molar-refractivity contribution is -0.130. The van der Waals surface area contributed by atoms with Gasteiger partial charge in [-0.15, -0.1) is 0 Å². The minimum atomic E-state index is -3.78. The molecule has 118 valence electrons. The third-order valence-corrected chi connectivity index (χ3v) is 4.93. The molecular formula is C13H20ClN3O3S. The molecule has 0 aliphatic carbocycles. The molecule has 21 heavy (non-hydrogen) atoms. The SMILES string of the molecule is CCN(CC)C(=O)CCNS(=O)(=O)c1cc(N)ccc1Cl. The lowest BCUT2D eigenvalue weighted by Gasteiger charge is -2.18. The molecule has 0 saturated heterocycles. The van der Waals surface area contributed by atoms with Crippen molar-refractivity contribution in [3.8, 4) is 0 Å². The van der Waals surface area contributed by atoms with Crippen molar-refractivity contribution >= 4 is 33.2 Å². The molecule has 1 amide bonds. The Morgan fingerprint density at radius 1 is 1.33 bits per heavy atom. The second-order valence-corrected chi connectivity index (χ2v) is 6.55. The number of benzene rings is 1. The summed E-state index contributed by atoms with van der Waals surface area (Å²) in [5.74, 6) is -0.0960. The van der Waals surface area contributed by atoms with E-state index >= 15 is 0 Å². The summed E-state index contributed by atoms with van der Waals surface area (Å²) in [6, 6.07) is 4.23. The maximum atomic E-state index is 12.1. The van der Waals surface area contributed by atoms with Gasteiger partial charge in [0.1, 0.15) is 4.90 Å². The number of halogens is 1. The van der Waals surface area contributed by atoms with Crippen molar-refractivity contribution in [2.24, 2.45) is 0 Å². The Morgan fingerprint density at radius 2 is 1.95 bits per heavy atom. The zero-order valence-corrected chi connectivity index (χ0v) is 13.7. The van der Waals surface area contributed by atoms with Crippen molar-refractivity contribution in [2.75, 3.05) is 25.4 Å². The van der Waals surface area contributed by atoms with Gasteiger partial charge in [-0.2, -0.15) is 0 Å². The van der Waals surface area contributed by atoms with Gasteiger partial charge in [0.05, 0.1) is 5.02 Å². The predicted molar refractivity (Wildman–Crippen MR) is 83.6 cm³/mol. The number of anilines is 1. The number of nitrogens with two attached hydrogens (primary N) is 1. The fraction of sp³-hybridized carbons (Fsp3) is 0.462. The molecule has 8 heteroatoms. The summed E-state index contributed by atoms with van der Waals surface area (Å²) in [5.41, 5.74) is 5.87. The van der Waals surface area contributed by atoms with E-state index in [1.54, 1.807) is 4.90 Å². The molecule has 1 rings (SSSR count). The van der Waals surface area contributed by atoms with Gasteiger partial charge in [-0.1, -0.05) is 11.6 Å². The summed E-state index contributed by atoms with van der Waals surface area (Å²) in [5, 5.41) is 0.0896. The number of hydrogen-bond acceptors (Lipinski definition) is 4. The van der Waals surface area contributed by atoms with Crippen molar-refractivity contribution in [3.63, 3.8) is 0 Å². The first kappa shape index (κ1) is 17.7. The summed E-state index contributed by atoms with van der Waals surface area (Å²) in [7, 11) is -3.78. The second kappa shape index (κ2) is 7.63. The van der Waals surface area contributed by atoms with Crippen LogP contribution in [-0.4, -0.2) is 38.9 Å². The monoisotopic (exact) mass is 333 g/mol. The zero-order valence-electron chi connectivity index (χ0n) is 12.1. The van der Waals surface area contributed by atoms with E-state index in [1.807, 2.05) is 13.8 Å². The molecule has 3 N–H and O–H groups in total. The summed E-state index contributed by atoms with van der Waals surface area (Å²) in [6.45, 7) is 4.96. The Bertz CT molecular complexity index is 601. The number of hydrogen-bond donors (Lipinski definition) is 2. The van der Waals surface area contributed by atoms with Gasteiger partial charge in [-0.05, 0) is 32.0 Å². The summed E-state index contributed by atoms with van der Waals surface area (Å²) >= 11 is 5.87. The van der Waals surface area contributed by atoms with Crippen molar-refractivity contribution in [1.82, 2.24) is 9.62 Å².